The van der Waals surface area contributed by atoms with Crippen LogP contribution in [-0.2, 0) is 4.79 Å². The second-order valence-electron chi connectivity index (χ2n) is 5.67. The van der Waals surface area contributed by atoms with Crippen molar-refractivity contribution in [3.05, 3.63) is 53.3 Å². The zero-order chi connectivity index (χ0) is 18.1. The Labute approximate surface area is 160 Å². The average molecular weight is 471 g/mol. The van der Waals surface area contributed by atoms with E-state index in [1.165, 1.54) is 0 Å². The fourth-order valence-corrected chi connectivity index (χ4v) is 4.15. The van der Waals surface area contributed by atoms with Crippen molar-refractivity contribution in [2.45, 2.75) is 12.5 Å². The summed E-state index contributed by atoms with van der Waals surface area (Å²) in [6, 6.07) is 8.79. The monoisotopic (exact) mass is 470 g/mol. The van der Waals surface area contributed by atoms with Crippen LogP contribution in [0.1, 0.15) is 28.6 Å². The molecule has 1 aliphatic rings. The zero-order valence-electron chi connectivity index (χ0n) is 13.3. The van der Waals surface area contributed by atoms with Crippen LogP contribution in [0.25, 0.3) is 14.7 Å². The number of benzene rings is 1. The van der Waals surface area contributed by atoms with E-state index in [1.807, 2.05) is 22.8 Å². The van der Waals surface area contributed by atoms with Crippen molar-refractivity contribution in [3.63, 3.8) is 0 Å². The predicted octanol–water partition coefficient (Wildman–Crippen LogP) is 3.94. The standard InChI is InChI=1S/C18H16ClIN2O3/c1-10(20-2)17-14(11-4-3-5-12(19)6-11)8-15-18(25)21-9-13(22(15)17)7-16(23)24/h3-6,8,13H,1-2,7,9H2,(H,21,25)(H,23,24). The highest BCUT2D eigenvalue weighted by molar-refractivity contribution is 14.2. The van der Waals surface area contributed by atoms with Gasteiger partial charge >= 0.3 is 5.97 Å². The Morgan fingerprint density at radius 3 is 2.84 bits per heavy atom. The molecule has 25 heavy (non-hydrogen) atoms. The van der Waals surface area contributed by atoms with Crippen LogP contribution < -0.4 is 5.32 Å². The first-order valence-corrected chi connectivity index (χ1v) is 10.5. The number of aromatic nitrogens is 1. The van der Waals surface area contributed by atoms with Crippen LogP contribution in [0.4, 0.5) is 0 Å². The summed E-state index contributed by atoms with van der Waals surface area (Å²) >= 11 is 5.55. The first-order chi connectivity index (χ1) is 11.9. The number of carboxylic acids is 1. The highest BCUT2D eigenvalue weighted by Gasteiger charge is 2.31. The largest absolute Gasteiger partial charge is 0.481 e. The lowest BCUT2D eigenvalue weighted by molar-refractivity contribution is -0.137. The zero-order valence-corrected chi connectivity index (χ0v) is 16.2. The van der Waals surface area contributed by atoms with E-state index < -0.39 is 26.7 Å². The van der Waals surface area contributed by atoms with E-state index in [4.69, 9.17) is 11.6 Å². The fourth-order valence-electron chi connectivity index (χ4n) is 3.05. The smallest absolute Gasteiger partial charge is 0.305 e. The molecule has 2 aromatic rings. The number of hydrogen-bond acceptors (Lipinski definition) is 2. The molecule has 1 aromatic carbocycles. The number of aliphatic carboxylic acids is 1. The van der Waals surface area contributed by atoms with Gasteiger partial charge < -0.3 is 15.0 Å². The molecule has 1 amide bonds. The van der Waals surface area contributed by atoms with E-state index in [0.717, 1.165) is 20.4 Å². The Morgan fingerprint density at radius 2 is 2.20 bits per heavy atom. The van der Waals surface area contributed by atoms with Crippen LogP contribution in [-0.4, -0.2) is 32.6 Å². The van der Waals surface area contributed by atoms with E-state index in [9.17, 15) is 14.7 Å². The molecule has 7 heteroatoms. The lowest BCUT2D eigenvalue weighted by Crippen LogP contribution is -2.40. The van der Waals surface area contributed by atoms with Gasteiger partial charge in [0.2, 0.25) is 0 Å². The Balaban J connectivity index is 2.27. The number of halogens is 2. The van der Waals surface area contributed by atoms with Gasteiger partial charge in [0.05, 0.1) is 18.2 Å². The summed E-state index contributed by atoms with van der Waals surface area (Å²) in [6.07, 6.45) is -0.0767. The summed E-state index contributed by atoms with van der Waals surface area (Å²) in [4.78, 5) is 23.6. The van der Waals surface area contributed by atoms with Crippen LogP contribution in [0, 0.1) is 0 Å². The number of carbonyl (C=O) groups is 2. The molecule has 3 rings (SSSR count). The van der Waals surface area contributed by atoms with Gasteiger partial charge in [-0.3, -0.25) is 9.59 Å². The molecule has 0 bridgehead atoms. The lowest BCUT2D eigenvalue weighted by atomic mass is 10.1. The minimum atomic E-state index is -0.911. The Kier molecular flexibility index (Phi) is 5.10. The van der Waals surface area contributed by atoms with Crippen molar-refractivity contribution in [1.82, 2.24) is 9.88 Å². The van der Waals surface area contributed by atoms with Crippen molar-refractivity contribution in [2.24, 2.45) is 0 Å². The van der Waals surface area contributed by atoms with Gasteiger partial charge in [-0.2, -0.15) is 0 Å². The minimum Gasteiger partial charge on any atom is -0.481 e. The number of fused-ring (bicyclic) bond motifs is 1. The van der Waals surface area contributed by atoms with Gasteiger partial charge in [0.1, 0.15) is 5.69 Å². The molecule has 1 atom stereocenters. The molecule has 0 spiro atoms. The normalized spacial score (nSPS) is 16.2. The summed E-state index contributed by atoms with van der Waals surface area (Å²) in [5.74, 6) is -1.13. The van der Waals surface area contributed by atoms with Crippen LogP contribution in [0.15, 0.2) is 36.9 Å². The molecule has 0 fully saturated rings. The first kappa shape index (κ1) is 17.9. The first-order valence-electron chi connectivity index (χ1n) is 7.51. The molecule has 5 nitrogen and oxygen atoms in total. The molecule has 130 valence electrons. The topological polar surface area (TPSA) is 71.3 Å². The van der Waals surface area contributed by atoms with Crippen molar-refractivity contribution in [3.8, 4) is 11.1 Å². The van der Waals surface area contributed by atoms with Crippen molar-refractivity contribution >= 4 is 52.3 Å². The van der Waals surface area contributed by atoms with Crippen LogP contribution in [0.5, 0.6) is 0 Å². The van der Waals surface area contributed by atoms with Gasteiger partial charge in [-0.1, -0.05) is 55.6 Å². The van der Waals surface area contributed by atoms with E-state index in [2.05, 4.69) is 16.4 Å². The Morgan fingerprint density at radius 1 is 1.44 bits per heavy atom. The van der Waals surface area contributed by atoms with Gasteiger partial charge in [0.15, 0.2) is 0 Å². The van der Waals surface area contributed by atoms with Crippen molar-refractivity contribution < 1.29 is 14.7 Å². The fraction of sp³-hybridized carbons (Fsp3) is 0.167. The van der Waals surface area contributed by atoms with Crippen molar-refractivity contribution in [1.29, 1.82) is 0 Å². The molecule has 0 saturated heterocycles. The van der Waals surface area contributed by atoms with Gasteiger partial charge in [0, 0.05) is 20.7 Å². The van der Waals surface area contributed by atoms with Gasteiger partial charge in [0.25, 0.3) is 5.91 Å². The second-order valence-corrected chi connectivity index (χ2v) is 8.17. The molecular formula is C18H16ClIN2O3. The highest BCUT2D eigenvalue weighted by Crippen LogP contribution is 2.40. The molecule has 1 aromatic heterocycles. The van der Waals surface area contributed by atoms with Gasteiger partial charge in [-0.15, -0.1) is 0 Å². The van der Waals surface area contributed by atoms with E-state index in [1.54, 1.807) is 12.1 Å². The lowest BCUT2D eigenvalue weighted by Gasteiger charge is -2.27. The maximum Gasteiger partial charge on any atom is 0.305 e. The van der Waals surface area contributed by atoms with Crippen LogP contribution in [0.2, 0.25) is 5.02 Å². The highest BCUT2D eigenvalue weighted by atomic mass is 127. The number of carbonyl (C=O) groups excluding carboxylic acids is 1. The summed E-state index contributed by atoms with van der Waals surface area (Å²) in [5, 5.41) is 12.6. The van der Waals surface area contributed by atoms with Crippen molar-refractivity contribution in [2.75, 3.05) is 6.54 Å². The van der Waals surface area contributed by atoms with E-state index in [-0.39, 0.29) is 24.9 Å². The average Bonchev–Trinajstić information content (AvgIpc) is 2.98. The van der Waals surface area contributed by atoms with E-state index in [0.29, 0.717) is 10.7 Å². The Bertz CT molecular complexity index is 904. The summed E-state index contributed by atoms with van der Waals surface area (Å²) in [7, 11) is 0. The van der Waals surface area contributed by atoms with Crippen LogP contribution in [0.3, 0.4) is 0 Å². The number of nitrogens with one attached hydrogen (secondary N) is 1. The maximum absolute atomic E-state index is 12.3. The number of amides is 1. The third kappa shape index (κ3) is 3.41. The summed E-state index contributed by atoms with van der Waals surface area (Å²) in [5.41, 5.74) is 2.94. The third-order valence-electron chi connectivity index (χ3n) is 4.10. The number of carboxylic acid groups (broad SMARTS) is 1. The summed E-state index contributed by atoms with van der Waals surface area (Å²) in [6.45, 7) is 4.40. The quantitative estimate of drug-likeness (QED) is 0.650. The Hall–Kier alpha value is -1.93. The van der Waals surface area contributed by atoms with E-state index >= 15 is 0 Å². The maximum atomic E-state index is 12.3. The molecule has 0 saturated carbocycles. The predicted molar refractivity (Wildman–Crippen MR) is 109 cm³/mol. The second kappa shape index (κ2) is 7.13. The SMILES string of the molecule is C=IC(=C)c1c(-c2cccc(Cl)c2)cc2n1C(CC(=O)O)CNC2=O. The third-order valence-corrected chi connectivity index (χ3v) is 5.76. The molecule has 0 radical (unpaired) electrons. The van der Waals surface area contributed by atoms with Gasteiger partial charge in [-0.25, -0.2) is 0 Å². The van der Waals surface area contributed by atoms with Gasteiger partial charge in [-0.05, 0) is 23.8 Å². The molecule has 0 aliphatic carbocycles. The molecular weight excluding hydrogens is 455 g/mol. The minimum absolute atomic E-state index is 0.0767. The molecule has 1 aliphatic heterocycles. The number of hydrogen-bond donors (Lipinski definition) is 2. The summed E-state index contributed by atoms with van der Waals surface area (Å²) < 4.78 is 6.67. The number of nitrogens with zero attached hydrogens (tertiary/aromatic N) is 1. The van der Waals surface area contributed by atoms with Crippen LogP contribution >= 0.6 is 32.3 Å². The number of rotatable bonds is 5. The molecule has 2 heterocycles. The molecule has 2 N–H and O–H groups in total. The molecule has 1 unspecified atom stereocenters.